The number of rotatable bonds is 2. The van der Waals surface area contributed by atoms with Crippen LogP contribution in [0.1, 0.15) is 10.4 Å². The molecule has 11 heavy (non-hydrogen) atoms. The topological polar surface area (TPSA) is 64.3 Å². The van der Waals surface area contributed by atoms with Crippen molar-refractivity contribution >= 4 is 5.91 Å². The Labute approximate surface area is 63.9 Å². The van der Waals surface area contributed by atoms with Crippen LogP contribution in [0, 0.1) is 0 Å². The number of nitrogens with zero attached hydrogens (tertiary/aromatic N) is 2. The summed E-state index contributed by atoms with van der Waals surface area (Å²) in [5, 5.41) is 11.6. The van der Waals surface area contributed by atoms with Gasteiger partial charge in [-0.15, -0.1) is 0 Å². The van der Waals surface area contributed by atoms with E-state index in [-0.39, 0.29) is 0 Å². The van der Waals surface area contributed by atoms with E-state index in [1.165, 1.54) is 12.4 Å². The first-order valence-corrected chi connectivity index (χ1v) is 3.07. The third-order valence-electron chi connectivity index (χ3n) is 1.14. The average Bonchev–Trinajstić information content (AvgIpc) is 2.07. The summed E-state index contributed by atoms with van der Waals surface area (Å²) in [6.07, 6.45) is 3.00. The first kappa shape index (κ1) is 7.68. The van der Waals surface area contributed by atoms with Gasteiger partial charge in [0, 0.05) is 18.0 Å². The highest BCUT2D eigenvalue weighted by Gasteiger charge is 2.03. The summed E-state index contributed by atoms with van der Waals surface area (Å²) < 4.78 is 0. The number of carbonyl (C=O) groups is 1. The second kappa shape index (κ2) is 3.68. The zero-order valence-corrected chi connectivity index (χ0v) is 5.77. The SMILES string of the molecule is O=C([N]CO)c1ccncc1. The summed E-state index contributed by atoms with van der Waals surface area (Å²) in [7, 11) is 0. The second-order valence-corrected chi connectivity index (χ2v) is 1.84. The lowest BCUT2D eigenvalue weighted by atomic mass is 10.2. The maximum atomic E-state index is 10.9. The van der Waals surface area contributed by atoms with Crippen LogP contribution in [0.25, 0.3) is 0 Å². The summed E-state index contributed by atoms with van der Waals surface area (Å²) in [6, 6.07) is 3.09. The summed E-state index contributed by atoms with van der Waals surface area (Å²) in [6.45, 7) is -0.471. The Kier molecular flexibility index (Phi) is 2.57. The molecule has 1 aromatic rings. The molecule has 0 unspecified atom stereocenters. The zero-order valence-electron chi connectivity index (χ0n) is 5.77. The molecule has 1 heterocycles. The molecule has 0 fully saturated rings. The lowest BCUT2D eigenvalue weighted by molar-refractivity contribution is 0.0903. The van der Waals surface area contributed by atoms with E-state index in [0.29, 0.717) is 5.56 Å². The first-order valence-electron chi connectivity index (χ1n) is 3.07. The summed E-state index contributed by atoms with van der Waals surface area (Å²) in [4.78, 5) is 14.6. The number of aromatic nitrogens is 1. The van der Waals surface area contributed by atoms with E-state index < -0.39 is 12.6 Å². The Morgan fingerprint density at radius 3 is 2.73 bits per heavy atom. The predicted octanol–water partition coefficient (Wildman–Crippen LogP) is -0.224. The number of aliphatic hydroxyl groups excluding tert-OH is 1. The fourth-order valence-corrected chi connectivity index (χ4v) is 0.650. The number of amides is 1. The average molecular weight is 151 g/mol. The molecule has 0 spiro atoms. The van der Waals surface area contributed by atoms with Gasteiger partial charge in [-0.25, -0.2) is 5.32 Å². The minimum absolute atomic E-state index is 0.421. The molecule has 1 amide bonds. The molecule has 0 saturated carbocycles. The number of pyridine rings is 1. The van der Waals surface area contributed by atoms with E-state index in [2.05, 4.69) is 10.3 Å². The lowest BCUT2D eigenvalue weighted by Crippen LogP contribution is -2.16. The Hall–Kier alpha value is -1.42. The molecule has 1 radical (unpaired) electrons. The highest BCUT2D eigenvalue weighted by Crippen LogP contribution is 1.95. The summed E-state index contributed by atoms with van der Waals surface area (Å²) in [5.41, 5.74) is 0.439. The molecule has 1 rings (SSSR count). The second-order valence-electron chi connectivity index (χ2n) is 1.84. The molecule has 0 aliphatic rings. The van der Waals surface area contributed by atoms with Gasteiger partial charge in [0.1, 0.15) is 6.73 Å². The molecule has 0 aromatic carbocycles. The minimum atomic E-state index is -0.471. The van der Waals surface area contributed by atoms with Gasteiger partial charge < -0.3 is 5.11 Å². The van der Waals surface area contributed by atoms with Gasteiger partial charge in [0.25, 0.3) is 5.91 Å². The highest BCUT2D eigenvalue weighted by atomic mass is 16.3. The van der Waals surface area contributed by atoms with E-state index >= 15 is 0 Å². The summed E-state index contributed by atoms with van der Waals surface area (Å²) in [5.74, 6) is -0.421. The zero-order chi connectivity index (χ0) is 8.10. The van der Waals surface area contributed by atoms with Gasteiger partial charge in [-0.2, -0.15) is 0 Å². The molecule has 0 saturated heterocycles. The molecule has 4 heteroatoms. The number of hydrogen-bond acceptors (Lipinski definition) is 3. The third-order valence-corrected chi connectivity index (χ3v) is 1.14. The molecule has 1 N–H and O–H groups in total. The van der Waals surface area contributed by atoms with Crippen molar-refractivity contribution in [3.05, 3.63) is 30.1 Å². The van der Waals surface area contributed by atoms with E-state index in [9.17, 15) is 4.79 Å². The van der Waals surface area contributed by atoms with E-state index in [1.54, 1.807) is 12.1 Å². The van der Waals surface area contributed by atoms with Gasteiger partial charge in [0.15, 0.2) is 0 Å². The fraction of sp³-hybridized carbons (Fsp3) is 0.143. The van der Waals surface area contributed by atoms with Gasteiger partial charge in [-0.05, 0) is 12.1 Å². The van der Waals surface area contributed by atoms with Crippen molar-refractivity contribution in [2.45, 2.75) is 0 Å². The van der Waals surface area contributed by atoms with Gasteiger partial charge in [-0.3, -0.25) is 9.78 Å². The number of hydrogen-bond donors (Lipinski definition) is 1. The maximum Gasteiger partial charge on any atom is 0.274 e. The molecule has 57 valence electrons. The monoisotopic (exact) mass is 151 g/mol. The molecular weight excluding hydrogens is 144 g/mol. The van der Waals surface area contributed by atoms with Crippen molar-refractivity contribution in [2.24, 2.45) is 0 Å². The van der Waals surface area contributed by atoms with Gasteiger partial charge in [0.05, 0.1) is 0 Å². The van der Waals surface area contributed by atoms with E-state index in [4.69, 9.17) is 5.11 Å². The van der Waals surface area contributed by atoms with Crippen molar-refractivity contribution in [2.75, 3.05) is 6.73 Å². The predicted molar refractivity (Wildman–Crippen MR) is 37.8 cm³/mol. The van der Waals surface area contributed by atoms with Crippen LogP contribution in [0.5, 0.6) is 0 Å². The Morgan fingerprint density at radius 1 is 1.55 bits per heavy atom. The molecule has 0 atom stereocenters. The molecule has 4 nitrogen and oxygen atoms in total. The molecule has 0 aliphatic heterocycles. The van der Waals surface area contributed by atoms with Crippen molar-refractivity contribution in [3.63, 3.8) is 0 Å². The first-order chi connectivity index (χ1) is 5.34. The van der Waals surface area contributed by atoms with Crippen molar-refractivity contribution in [3.8, 4) is 0 Å². The quantitative estimate of drug-likeness (QED) is 0.635. The van der Waals surface area contributed by atoms with Gasteiger partial charge in [-0.1, -0.05) is 0 Å². The Morgan fingerprint density at radius 2 is 2.18 bits per heavy atom. The Balaban J connectivity index is 2.69. The van der Waals surface area contributed by atoms with Crippen molar-refractivity contribution in [1.29, 1.82) is 0 Å². The van der Waals surface area contributed by atoms with Crippen LogP contribution < -0.4 is 5.32 Å². The minimum Gasteiger partial charge on any atom is -0.374 e. The van der Waals surface area contributed by atoms with Gasteiger partial charge in [0.2, 0.25) is 0 Å². The smallest absolute Gasteiger partial charge is 0.274 e. The van der Waals surface area contributed by atoms with Crippen LogP contribution in [-0.4, -0.2) is 22.7 Å². The van der Waals surface area contributed by atoms with Gasteiger partial charge >= 0.3 is 0 Å². The standard InChI is InChI=1S/C7H7N2O2/c10-5-9-7(11)6-1-3-8-4-2-6/h1-4,10H,5H2. The molecule has 0 aliphatic carbocycles. The van der Waals surface area contributed by atoms with E-state index in [0.717, 1.165) is 0 Å². The largest absolute Gasteiger partial charge is 0.374 e. The Bertz CT molecular complexity index is 235. The molecule has 1 aromatic heterocycles. The van der Waals surface area contributed by atoms with Crippen molar-refractivity contribution in [1.82, 2.24) is 10.3 Å². The van der Waals surface area contributed by atoms with Crippen LogP contribution in [0.3, 0.4) is 0 Å². The third kappa shape index (κ3) is 2.01. The number of carbonyl (C=O) groups excluding carboxylic acids is 1. The van der Waals surface area contributed by atoms with Crippen LogP contribution in [0.2, 0.25) is 0 Å². The normalized spacial score (nSPS) is 9.18. The number of aliphatic hydroxyl groups is 1. The fourth-order valence-electron chi connectivity index (χ4n) is 0.650. The highest BCUT2D eigenvalue weighted by molar-refractivity contribution is 5.93. The molecular formula is C7H7N2O2. The van der Waals surface area contributed by atoms with Crippen molar-refractivity contribution < 1.29 is 9.90 Å². The van der Waals surface area contributed by atoms with E-state index in [1.807, 2.05) is 0 Å². The van der Waals surface area contributed by atoms with Crippen LogP contribution in [0.4, 0.5) is 0 Å². The van der Waals surface area contributed by atoms with Crippen LogP contribution in [0.15, 0.2) is 24.5 Å². The summed E-state index contributed by atoms with van der Waals surface area (Å²) >= 11 is 0. The van der Waals surface area contributed by atoms with Crippen LogP contribution in [-0.2, 0) is 0 Å². The van der Waals surface area contributed by atoms with Crippen LogP contribution >= 0.6 is 0 Å². The maximum absolute atomic E-state index is 10.9. The molecule has 0 bridgehead atoms. The lowest BCUT2D eigenvalue weighted by Gasteiger charge is -1.95.